The molecule has 2 aromatic carbocycles. The molecule has 3 aromatic rings. The van der Waals surface area contributed by atoms with Gasteiger partial charge in [-0.3, -0.25) is 9.69 Å². The van der Waals surface area contributed by atoms with E-state index < -0.39 is 12.7 Å². The van der Waals surface area contributed by atoms with E-state index >= 15 is 0 Å². The number of nitrogens with zero attached hydrogens (tertiary/aromatic N) is 2. The van der Waals surface area contributed by atoms with Gasteiger partial charge in [0.15, 0.2) is 0 Å². The van der Waals surface area contributed by atoms with Gasteiger partial charge in [-0.25, -0.2) is 0 Å². The molecule has 2 bridgehead atoms. The van der Waals surface area contributed by atoms with E-state index in [9.17, 15) is 18.0 Å². The van der Waals surface area contributed by atoms with Crippen LogP contribution in [0.1, 0.15) is 48.2 Å². The van der Waals surface area contributed by atoms with Crippen LogP contribution in [0.25, 0.3) is 10.9 Å². The lowest BCUT2D eigenvalue weighted by Crippen LogP contribution is -2.60. The summed E-state index contributed by atoms with van der Waals surface area (Å²) in [7, 11) is 3.05. The van der Waals surface area contributed by atoms with E-state index in [1.165, 1.54) is 18.1 Å². The number of anilines is 2. The highest BCUT2D eigenvalue weighted by Crippen LogP contribution is 2.35. The molecule has 1 amide bonds. The molecule has 4 heterocycles. The summed E-state index contributed by atoms with van der Waals surface area (Å²) < 4.78 is 53.5. The van der Waals surface area contributed by atoms with Gasteiger partial charge >= 0.3 is 6.18 Å². The van der Waals surface area contributed by atoms with Crippen LogP contribution < -0.4 is 20.7 Å². The lowest BCUT2D eigenvalue weighted by Gasteiger charge is -2.50. The van der Waals surface area contributed by atoms with Gasteiger partial charge in [-0.05, 0) is 68.0 Å². The minimum atomic E-state index is -4.40. The number of piperidine rings is 1. The smallest absolute Gasteiger partial charge is 0.406 e. The number of amides is 1. The zero-order valence-corrected chi connectivity index (χ0v) is 25.0. The highest BCUT2D eigenvalue weighted by Gasteiger charge is 2.41. The fraction of sp³-hybridized carbons (Fsp3) is 0.485. The molecule has 0 spiro atoms. The largest absolute Gasteiger partial charge is 0.495 e. The van der Waals surface area contributed by atoms with Crippen LogP contribution in [0.2, 0.25) is 0 Å². The van der Waals surface area contributed by atoms with Crippen molar-refractivity contribution in [3.63, 3.8) is 0 Å². The molecule has 4 aliphatic rings. The number of carbonyl (C=O) groups excluding carboxylic acids is 1. The van der Waals surface area contributed by atoms with Crippen LogP contribution in [0.5, 0.6) is 5.75 Å². The second-order valence-corrected chi connectivity index (χ2v) is 11.8. The summed E-state index contributed by atoms with van der Waals surface area (Å²) in [5.41, 5.74) is 2.70. The van der Waals surface area contributed by atoms with E-state index in [0.29, 0.717) is 46.5 Å². The molecule has 0 radical (unpaired) electrons. The highest BCUT2D eigenvalue weighted by molar-refractivity contribution is 5.95. The quantitative estimate of drug-likeness (QED) is 0.304. The van der Waals surface area contributed by atoms with Gasteiger partial charge in [-0.2, -0.15) is 13.2 Å². The van der Waals surface area contributed by atoms with E-state index in [4.69, 9.17) is 9.47 Å². The zero-order chi connectivity index (χ0) is 30.8. The Kier molecular flexibility index (Phi) is 8.65. The number of morpholine rings is 1. The van der Waals surface area contributed by atoms with Crippen molar-refractivity contribution in [2.45, 2.75) is 69.1 Å². The number of ether oxygens (including phenoxy) is 2. The van der Waals surface area contributed by atoms with E-state index in [2.05, 4.69) is 32.7 Å². The number of methoxy groups -OCH3 is 1. The summed E-state index contributed by atoms with van der Waals surface area (Å²) in [6.45, 7) is 1.10. The Morgan fingerprint density at radius 3 is 2.50 bits per heavy atom. The summed E-state index contributed by atoms with van der Waals surface area (Å²) in [4.78, 5) is 14.5. The molecule has 0 unspecified atom stereocenters. The number of benzene rings is 2. The summed E-state index contributed by atoms with van der Waals surface area (Å²) >= 11 is 0. The lowest BCUT2D eigenvalue weighted by atomic mass is 9.87. The first-order chi connectivity index (χ1) is 21.2. The fourth-order valence-electron chi connectivity index (χ4n) is 6.75. The summed E-state index contributed by atoms with van der Waals surface area (Å²) in [6.07, 6.45) is 1.84. The Morgan fingerprint density at radius 1 is 1.07 bits per heavy atom. The molecule has 11 heteroatoms. The Morgan fingerprint density at radius 2 is 1.82 bits per heavy atom. The maximum atomic E-state index is 13.7. The Hall–Kier alpha value is -3.88. The van der Waals surface area contributed by atoms with Crippen molar-refractivity contribution in [3.05, 3.63) is 53.7 Å². The van der Waals surface area contributed by atoms with Crippen molar-refractivity contribution in [1.82, 2.24) is 14.8 Å². The van der Waals surface area contributed by atoms with E-state index in [-0.39, 0.29) is 18.5 Å². The minimum absolute atomic E-state index is 0.169. The number of halogens is 3. The molecule has 1 aliphatic carbocycles. The first-order valence-electron chi connectivity index (χ1n) is 15.2. The molecule has 44 heavy (non-hydrogen) atoms. The number of aromatic nitrogens is 1. The topological polar surface area (TPSA) is 79.8 Å². The number of carbonyl (C=O) groups is 1. The third kappa shape index (κ3) is 6.61. The molecular formula is C33H38F3N5O3. The van der Waals surface area contributed by atoms with Gasteiger partial charge in [0.2, 0.25) is 0 Å². The molecule has 234 valence electrons. The van der Waals surface area contributed by atoms with E-state index in [0.717, 1.165) is 49.8 Å². The predicted molar refractivity (Wildman–Crippen MR) is 164 cm³/mol. The van der Waals surface area contributed by atoms with Gasteiger partial charge in [-0.1, -0.05) is 12.0 Å². The molecule has 4 fully saturated rings. The number of hydrogen-bond acceptors (Lipinski definition) is 6. The van der Waals surface area contributed by atoms with Crippen LogP contribution in [-0.4, -0.2) is 79.6 Å². The maximum absolute atomic E-state index is 13.7. The second kappa shape index (κ2) is 12.6. The number of alkyl halides is 3. The van der Waals surface area contributed by atoms with Crippen LogP contribution in [-0.2, 0) is 11.3 Å². The molecule has 3 aliphatic heterocycles. The third-order valence-electron chi connectivity index (χ3n) is 8.92. The van der Waals surface area contributed by atoms with E-state index in [1.807, 2.05) is 6.07 Å². The van der Waals surface area contributed by atoms with Crippen molar-refractivity contribution in [1.29, 1.82) is 0 Å². The predicted octanol–water partition coefficient (Wildman–Crippen LogP) is 5.23. The van der Waals surface area contributed by atoms with Crippen LogP contribution in [0.3, 0.4) is 0 Å². The summed E-state index contributed by atoms with van der Waals surface area (Å²) in [5, 5.41) is 10.1. The van der Waals surface area contributed by atoms with Crippen LogP contribution >= 0.6 is 0 Å². The number of nitrogens with one attached hydrogen (secondary N) is 3. The third-order valence-corrected chi connectivity index (χ3v) is 8.92. The van der Waals surface area contributed by atoms with E-state index in [1.54, 1.807) is 43.4 Å². The molecule has 2 atom stereocenters. The number of fused-ring (bicyclic) bond motifs is 3. The van der Waals surface area contributed by atoms with Gasteiger partial charge in [-0.15, -0.1) is 0 Å². The monoisotopic (exact) mass is 609 g/mol. The first-order valence-corrected chi connectivity index (χ1v) is 15.2. The number of rotatable bonds is 8. The van der Waals surface area contributed by atoms with Crippen molar-refractivity contribution in [3.8, 4) is 17.6 Å². The van der Waals surface area contributed by atoms with Gasteiger partial charge in [0, 0.05) is 55.3 Å². The maximum Gasteiger partial charge on any atom is 0.406 e. The van der Waals surface area contributed by atoms with Crippen LogP contribution in [0.4, 0.5) is 24.5 Å². The van der Waals surface area contributed by atoms with Gasteiger partial charge in [0.1, 0.15) is 12.3 Å². The second-order valence-electron chi connectivity index (χ2n) is 11.8. The van der Waals surface area contributed by atoms with Crippen LogP contribution in [0, 0.1) is 11.8 Å². The first kappa shape index (κ1) is 30.2. The van der Waals surface area contributed by atoms with Crippen molar-refractivity contribution < 1.29 is 27.4 Å². The normalized spacial score (nSPS) is 23.3. The molecular weight excluding hydrogens is 571 g/mol. The molecule has 1 aromatic heterocycles. The highest BCUT2D eigenvalue weighted by atomic mass is 19.4. The molecule has 3 N–H and O–H groups in total. The lowest BCUT2D eigenvalue weighted by molar-refractivity contribution is -0.189. The Bertz CT molecular complexity index is 1550. The molecule has 7 rings (SSSR count). The van der Waals surface area contributed by atoms with Gasteiger partial charge in [0.05, 0.1) is 42.8 Å². The number of hydrogen-bond donors (Lipinski definition) is 3. The van der Waals surface area contributed by atoms with Crippen LogP contribution in [0.15, 0.2) is 42.5 Å². The fourth-order valence-corrected chi connectivity index (χ4v) is 6.75. The molecule has 8 nitrogen and oxygen atoms in total. The Labute approximate surface area is 255 Å². The van der Waals surface area contributed by atoms with Crippen molar-refractivity contribution >= 4 is 28.2 Å². The summed E-state index contributed by atoms with van der Waals surface area (Å²) in [6, 6.07) is 13.0. The van der Waals surface area contributed by atoms with Gasteiger partial charge in [0.25, 0.3) is 5.91 Å². The molecule has 3 saturated heterocycles. The molecule has 1 saturated carbocycles. The average molecular weight is 610 g/mol. The van der Waals surface area contributed by atoms with Crippen molar-refractivity contribution in [2.24, 2.45) is 0 Å². The summed E-state index contributed by atoms with van der Waals surface area (Å²) in [5.74, 6) is 6.14. The minimum Gasteiger partial charge on any atom is -0.495 e. The van der Waals surface area contributed by atoms with Gasteiger partial charge < -0.3 is 30.0 Å². The average Bonchev–Trinajstić information content (AvgIpc) is 3.35. The standard InChI is InChI=1S/C33H38F3N5O3/c1-37-32(42)21-8-13-29(31(15-21)43-2)38-14-4-5-24-16-27-28(6-3-7-30(27)41(24)20-33(34,35)36)39-22-9-11-23(12-10-22)40-18-25-17-26(19-40)44-25/h3,6-8,13,15-16,22-23,25-26,38-39H,9-12,14,17-20H2,1-2H3,(H,37,42)/t22?,23?,25-,26-/m1/s1. The Balaban J connectivity index is 1.16. The SMILES string of the molecule is CNC(=O)c1ccc(NCC#Cc2cc3c(NC4CCC(N5C[C@H]6C[C@H](C5)O6)CC4)cccc3n2CC(F)(F)F)c(OC)c1. The zero-order valence-electron chi connectivity index (χ0n) is 25.0. The van der Waals surface area contributed by atoms with Crippen molar-refractivity contribution in [2.75, 3.05) is 44.4 Å².